The second kappa shape index (κ2) is 10.7. The molecule has 0 aliphatic heterocycles. The number of rotatable bonds is 8. The molecule has 1 unspecified atom stereocenters. The maximum absolute atomic E-state index is 11.8. The number of amides is 2. The Labute approximate surface area is 143 Å². The first kappa shape index (κ1) is 22.0. The van der Waals surface area contributed by atoms with Crippen molar-refractivity contribution in [2.45, 2.75) is 71.6 Å². The lowest BCUT2D eigenvalue weighted by atomic mass is 10.1. The van der Waals surface area contributed by atoms with Crippen molar-refractivity contribution in [3.8, 4) is 0 Å². The molecule has 0 aliphatic rings. The van der Waals surface area contributed by atoms with Crippen molar-refractivity contribution < 1.29 is 28.6 Å². The van der Waals surface area contributed by atoms with Crippen LogP contribution in [-0.2, 0) is 19.0 Å². The molecule has 0 fully saturated rings. The molecule has 0 aliphatic carbocycles. The molecular weight excluding hydrogens is 316 g/mol. The minimum absolute atomic E-state index is 0.151. The number of hydrogen-bond donors (Lipinski definition) is 2. The van der Waals surface area contributed by atoms with E-state index < -0.39 is 29.8 Å². The Hall–Kier alpha value is -1.99. The molecule has 0 aromatic rings. The molecule has 0 radical (unpaired) electrons. The van der Waals surface area contributed by atoms with Crippen LogP contribution in [0.3, 0.4) is 0 Å². The third kappa shape index (κ3) is 10.7. The number of nitrogens with one attached hydrogen (secondary N) is 2. The second-order valence-corrected chi connectivity index (χ2v) is 6.42. The molecule has 2 N–H and O–H groups in total. The molecule has 8 heteroatoms. The van der Waals surface area contributed by atoms with Crippen LogP contribution < -0.4 is 10.6 Å². The molecular formula is C16H30N2O6. The van der Waals surface area contributed by atoms with Crippen LogP contribution in [0.25, 0.3) is 0 Å². The molecule has 0 spiro atoms. The largest absolute Gasteiger partial charge is 0.467 e. The van der Waals surface area contributed by atoms with E-state index in [0.717, 1.165) is 6.42 Å². The van der Waals surface area contributed by atoms with Gasteiger partial charge in [-0.05, 0) is 47.0 Å². The predicted octanol–water partition coefficient (Wildman–Crippen LogP) is 2.36. The molecule has 0 saturated heterocycles. The molecule has 0 saturated carbocycles. The summed E-state index contributed by atoms with van der Waals surface area (Å²) in [5.74, 6) is -0.567. The Bertz CT molecular complexity index is 419. The summed E-state index contributed by atoms with van der Waals surface area (Å²) in [6.45, 7) is 9.23. The van der Waals surface area contributed by atoms with Crippen LogP contribution in [0.4, 0.5) is 9.59 Å². The Balaban J connectivity index is 4.28. The summed E-state index contributed by atoms with van der Waals surface area (Å²) in [7, 11) is 1.24. The maximum Gasteiger partial charge on any atom is 0.408 e. The van der Waals surface area contributed by atoms with Crippen LogP contribution >= 0.6 is 0 Å². The van der Waals surface area contributed by atoms with Gasteiger partial charge in [-0.2, -0.15) is 0 Å². The van der Waals surface area contributed by atoms with Gasteiger partial charge in [0.2, 0.25) is 0 Å². The average molecular weight is 346 g/mol. The minimum Gasteiger partial charge on any atom is -0.467 e. The number of carbonyl (C=O) groups is 3. The van der Waals surface area contributed by atoms with Crippen molar-refractivity contribution in [2.24, 2.45) is 0 Å². The lowest BCUT2D eigenvalue weighted by molar-refractivity contribution is -0.143. The van der Waals surface area contributed by atoms with Crippen LogP contribution in [0, 0.1) is 0 Å². The summed E-state index contributed by atoms with van der Waals surface area (Å²) < 4.78 is 14.8. The fourth-order valence-electron chi connectivity index (χ4n) is 1.65. The van der Waals surface area contributed by atoms with Crippen molar-refractivity contribution in [3.63, 3.8) is 0 Å². The van der Waals surface area contributed by atoms with Crippen LogP contribution in [0.15, 0.2) is 0 Å². The minimum atomic E-state index is -0.836. The maximum atomic E-state index is 11.8. The number of ether oxygens (including phenoxy) is 3. The number of esters is 1. The first-order valence-corrected chi connectivity index (χ1v) is 8.10. The molecule has 2 amide bonds. The highest BCUT2D eigenvalue weighted by Gasteiger charge is 2.24. The van der Waals surface area contributed by atoms with E-state index >= 15 is 0 Å². The first-order valence-electron chi connectivity index (χ1n) is 8.10. The lowest BCUT2D eigenvalue weighted by Crippen LogP contribution is -2.44. The SMILES string of the molecule is CCC(C)OC(=O)NCCC[C@H](NC(=O)OC(C)(C)C)C(=O)OC. The van der Waals surface area contributed by atoms with Crippen LogP contribution in [0.1, 0.15) is 53.9 Å². The zero-order valence-electron chi connectivity index (χ0n) is 15.4. The molecule has 140 valence electrons. The number of methoxy groups -OCH3 is 1. The molecule has 2 atom stereocenters. The molecule has 0 aromatic carbocycles. The Morgan fingerprint density at radius 2 is 1.75 bits per heavy atom. The highest BCUT2D eigenvalue weighted by atomic mass is 16.6. The van der Waals surface area contributed by atoms with Gasteiger partial charge in [0.15, 0.2) is 0 Å². The van der Waals surface area contributed by atoms with Crippen LogP contribution in [0.2, 0.25) is 0 Å². The Morgan fingerprint density at radius 3 is 2.25 bits per heavy atom. The average Bonchev–Trinajstić information content (AvgIpc) is 2.47. The highest BCUT2D eigenvalue weighted by molar-refractivity contribution is 5.81. The summed E-state index contributed by atoms with van der Waals surface area (Å²) in [6.07, 6.45) is 0.154. The number of hydrogen-bond acceptors (Lipinski definition) is 6. The van der Waals surface area contributed by atoms with E-state index in [2.05, 4.69) is 15.4 Å². The molecule has 0 aromatic heterocycles. The highest BCUT2D eigenvalue weighted by Crippen LogP contribution is 2.08. The smallest absolute Gasteiger partial charge is 0.408 e. The van der Waals surface area contributed by atoms with E-state index in [1.54, 1.807) is 27.7 Å². The van der Waals surface area contributed by atoms with Gasteiger partial charge in [-0.3, -0.25) is 0 Å². The normalized spacial score (nSPS) is 13.4. The van der Waals surface area contributed by atoms with Gasteiger partial charge in [-0.25, -0.2) is 14.4 Å². The second-order valence-electron chi connectivity index (χ2n) is 6.42. The molecule has 8 nitrogen and oxygen atoms in total. The zero-order valence-corrected chi connectivity index (χ0v) is 15.4. The van der Waals surface area contributed by atoms with Gasteiger partial charge in [0.1, 0.15) is 17.7 Å². The van der Waals surface area contributed by atoms with Crippen LogP contribution in [-0.4, -0.2) is 49.6 Å². The van der Waals surface area contributed by atoms with Gasteiger partial charge in [-0.15, -0.1) is 0 Å². The quantitative estimate of drug-likeness (QED) is 0.397. The van der Waals surface area contributed by atoms with Crippen molar-refractivity contribution in [2.75, 3.05) is 13.7 Å². The summed E-state index contributed by atoms with van der Waals surface area (Å²) in [5, 5.41) is 5.07. The molecule has 24 heavy (non-hydrogen) atoms. The van der Waals surface area contributed by atoms with Gasteiger partial charge in [0, 0.05) is 6.54 Å². The van der Waals surface area contributed by atoms with Crippen molar-refractivity contribution >= 4 is 18.2 Å². The van der Waals surface area contributed by atoms with E-state index in [1.165, 1.54) is 7.11 Å². The number of carbonyl (C=O) groups excluding carboxylic acids is 3. The summed E-state index contributed by atoms with van der Waals surface area (Å²) in [5.41, 5.74) is -0.661. The standard InChI is InChI=1S/C16H30N2O6/c1-7-11(2)23-14(20)17-10-8-9-12(13(19)22-6)18-15(21)24-16(3,4)5/h11-12H,7-10H2,1-6H3,(H,17,20)(H,18,21)/t11?,12-/m0/s1. The molecule has 0 bridgehead atoms. The Morgan fingerprint density at radius 1 is 1.12 bits per heavy atom. The van der Waals surface area contributed by atoms with E-state index in [9.17, 15) is 14.4 Å². The third-order valence-electron chi connectivity index (χ3n) is 3.00. The number of alkyl carbamates (subject to hydrolysis) is 2. The van der Waals surface area contributed by atoms with Crippen molar-refractivity contribution in [1.29, 1.82) is 0 Å². The van der Waals surface area contributed by atoms with Gasteiger partial charge in [0.25, 0.3) is 0 Å². The van der Waals surface area contributed by atoms with Gasteiger partial charge in [-0.1, -0.05) is 6.92 Å². The van der Waals surface area contributed by atoms with Crippen molar-refractivity contribution in [3.05, 3.63) is 0 Å². The Kier molecular flexibility index (Phi) is 9.83. The van der Waals surface area contributed by atoms with Crippen LogP contribution in [0.5, 0.6) is 0 Å². The fourth-order valence-corrected chi connectivity index (χ4v) is 1.65. The van der Waals surface area contributed by atoms with Gasteiger partial charge in [0.05, 0.1) is 7.11 Å². The summed E-state index contributed by atoms with van der Waals surface area (Å²) in [4.78, 5) is 34.9. The summed E-state index contributed by atoms with van der Waals surface area (Å²) >= 11 is 0. The van der Waals surface area contributed by atoms with Gasteiger partial charge < -0.3 is 24.8 Å². The fraction of sp³-hybridized carbons (Fsp3) is 0.812. The van der Waals surface area contributed by atoms with E-state index in [0.29, 0.717) is 19.4 Å². The topological polar surface area (TPSA) is 103 Å². The molecule has 0 heterocycles. The monoisotopic (exact) mass is 346 g/mol. The lowest BCUT2D eigenvalue weighted by Gasteiger charge is -2.22. The van der Waals surface area contributed by atoms with E-state index in [-0.39, 0.29) is 6.10 Å². The zero-order chi connectivity index (χ0) is 18.8. The first-order chi connectivity index (χ1) is 11.1. The van der Waals surface area contributed by atoms with E-state index in [1.807, 2.05) is 6.92 Å². The van der Waals surface area contributed by atoms with Gasteiger partial charge >= 0.3 is 18.2 Å². The third-order valence-corrected chi connectivity index (χ3v) is 3.00. The predicted molar refractivity (Wildman–Crippen MR) is 88.6 cm³/mol. The van der Waals surface area contributed by atoms with E-state index in [4.69, 9.17) is 9.47 Å². The molecule has 0 rings (SSSR count). The summed E-state index contributed by atoms with van der Waals surface area (Å²) in [6, 6.07) is -0.836. The van der Waals surface area contributed by atoms with Crippen molar-refractivity contribution in [1.82, 2.24) is 10.6 Å².